The minimum absolute atomic E-state index is 0.0358. The number of aryl methyl sites for hydroxylation is 2. The van der Waals surface area contributed by atoms with E-state index in [9.17, 15) is 4.79 Å². The van der Waals surface area contributed by atoms with E-state index in [1.807, 2.05) is 68.6 Å². The van der Waals surface area contributed by atoms with Crippen LogP contribution in [0, 0.1) is 13.8 Å². The van der Waals surface area contributed by atoms with Gasteiger partial charge in [-0.15, -0.1) is 0 Å². The van der Waals surface area contributed by atoms with Crippen LogP contribution < -0.4 is 5.32 Å². The minimum atomic E-state index is -0.0358. The van der Waals surface area contributed by atoms with Crippen molar-refractivity contribution in [3.63, 3.8) is 0 Å². The molecule has 3 rings (SSSR count). The number of amides is 1. The molecule has 0 saturated carbocycles. The van der Waals surface area contributed by atoms with E-state index in [0.717, 1.165) is 28.1 Å². The quantitative estimate of drug-likeness (QED) is 0.799. The van der Waals surface area contributed by atoms with E-state index < -0.39 is 0 Å². The molecule has 1 aromatic heterocycles. The van der Waals surface area contributed by atoms with E-state index >= 15 is 0 Å². The lowest BCUT2D eigenvalue weighted by molar-refractivity contribution is -0.115. The highest BCUT2D eigenvalue weighted by Crippen LogP contribution is 2.17. The molecular formula is C19H19N3O. The molecule has 0 atom stereocenters. The summed E-state index contributed by atoms with van der Waals surface area (Å²) in [5.74, 6) is -0.0358. The van der Waals surface area contributed by atoms with Crippen molar-refractivity contribution >= 4 is 11.6 Å². The van der Waals surface area contributed by atoms with Crippen molar-refractivity contribution in [2.45, 2.75) is 20.3 Å². The minimum Gasteiger partial charge on any atom is -0.326 e. The van der Waals surface area contributed by atoms with Crippen LogP contribution in [0.25, 0.3) is 5.69 Å². The predicted molar refractivity (Wildman–Crippen MR) is 91.8 cm³/mol. The van der Waals surface area contributed by atoms with Gasteiger partial charge in [0.1, 0.15) is 0 Å². The number of hydrogen-bond donors (Lipinski definition) is 1. The molecular weight excluding hydrogens is 286 g/mol. The molecule has 3 aromatic rings. The Balaban J connectivity index is 1.69. The molecule has 4 heteroatoms. The first-order chi connectivity index (χ1) is 11.1. The summed E-state index contributed by atoms with van der Waals surface area (Å²) in [7, 11) is 0. The van der Waals surface area contributed by atoms with Gasteiger partial charge in [-0.2, -0.15) is 5.10 Å². The third kappa shape index (κ3) is 3.66. The number of carbonyl (C=O) groups excluding carboxylic acids is 1. The number of carbonyl (C=O) groups is 1. The highest BCUT2D eigenvalue weighted by Gasteiger charge is 2.08. The summed E-state index contributed by atoms with van der Waals surface area (Å²) in [4.78, 5) is 12.2. The second kappa shape index (κ2) is 6.48. The molecule has 0 unspecified atom stereocenters. The summed E-state index contributed by atoms with van der Waals surface area (Å²) < 4.78 is 1.78. The SMILES string of the molecule is Cc1ccc(C)c(NC(=O)Cc2cnn(-c3ccccc3)c2)c1. The van der Waals surface area contributed by atoms with Gasteiger partial charge in [-0.3, -0.25) is 4.79 Å². The maximum Gasteiger partial charge on any atom is 0.228 e. The number of nitrogens with one attached hydrogen (secondary N) is 1. The Kier molecular flexibility index (Phi) is 4.24. The van der Waals surface area contributed by atoms with E-state index in [1.54, 1.807) is 10.9 Å². The van der Waals surface area contributed by atoms with Crippen LogP contribution in [0.4, 0.5) is 5.69 Å². The van der Waals surface area contributed by atoms with Gasteiger partial charge in [0.15, 0.2) is 0 Å². The van der Waals surface area contributed by atoms with Crippen LogP contribution in [-0.2, 0) is 11.2 Å². The molecule has 2 aromatic carbocycles. The number of benzene rings is 2. The Bertz CT molecular complexity index is 822. The largest absolute Gasteiger partial charge is 0.326 e. The Hall–Kier alpha value is -2.88. The molecule has 1 heterocycles. The van der Waals surface area contributed by atoms with Gasteiger partial charge in [0.25, 0.3) is 0 Å². The maximum absolute atomic E-state index is 12.2. The summed E-state index contributed by atoms with van der Waals surface area (Å²) in [5, 5.41) is 7.29. The first kappa shape index (κ1) is 15.0. The van der Waals surface area contributed by atoms with Crippen LogP contribution >= 0.6 is 0 Å². The third-order valence-electron chi connectivity index (χ3n) is 3.69. The molecule has 0 bridgehead atoms. The predicted octanol–water partition coefficient (Wildman–Crippen LogP) is 3.67. The van der Waals surface area contributed by atoms with Crippen molar-refractivity contribution in [3.8, 4) is 5.69 Å². The second-order valence-corrected chi connectivity index (χ2v) is 5.67. The lowest BCUT2D eigenvalue weighted by atomic mass is 10.1. The van der Waals surface area contributed by atoms with E-state index in [4.69, 9.17) is 0 Å². The molecule has 0 aliphatic heterocycles. The molecule has 1 amide bonds. The van der Waals surface area contributed by atoms with Gasteiger partial charge >= 0.3 is 0 Å². The summed E-state index contributed by atoms with van der Waals surface area (Å²) >= 11 is 0. The molecule has 116 valence electrons. The second-order valence-electron chi connectivity index (χ2n) is 5.67. The van der Waals surface area contributed by atoms with Crippen LogP contribution in [0.2, 0.25) is 0 Å². The van der Waals surface area contributed by atoms with Crippen molar-refractivity contribution in [2.24, 2.45) is 0 Å². The van der Waals surface area contributed by atoms with Gasteiger partial charge in [0.05, 0.1) is 18.3 Å². The number of anilines is 1. The zero-order valence-electron chi connectivity index (χ0n) is 13.3. The van der Waals surface area contributed by atoms with Crippen molar-refractivity contribution in [1.29, 1.82) is 0 Å². The van der Waals surface area contributed by atoms with Crippen LogP contribution in [-0.4, -0.2) is 15.7 Å². The highest BCUT2D eigenvalue weighted by molar-refractivity contribution is 5.93. The van der Waals surface area contributed by atoms with Crippen molar-refractivity contribution in [1.82, 2.24) is 9.78 Å². The standard InChI is InChI=1S/C19H19N3O/c1-14-8-9-15(2)18(10-14)21-19(23)11-16-12-20-22(13-16)17-6-4-3-5-7-17/h3-10,12-13H,11H2,1-2H3,(H,21,23). The third-order valence-corrected chi connectivity index (χ3v) is 3.69. The molecule has 0 saturated heterocycles. The normalized spacial score (nSPS) is 10.5. The first-order valence-electron chi connectivity index (χ1n) is 7.58. The van der Waals surface area contributed by atoms with Crippen LogP contribution in [0.5, 0.6) is 0 Å². The Morgan fingerprint density at radius 1 is 1.13 bits per heavy atom. The average Bonchev–Trinajstić information content (AvgIpc) is 3.00. The van der Waals surface area contributed by atoms with Gasteiger partial charge < -0.3 is 5.32 Å². The number of rotatable bonds is 4. The van der Waals surface area contributed by atoms with Gasteiger partial charge in [0.2, 0.25) is 5.91 Å². The fourth-order valence-electron chi connectivity index (χ4n) is 2.42. The Labute approximate surface area is 135 Å². The summed E-state index contributed by atoms with van der Waals surface area (Å²) in [5.41, 5.74) is 4.92. The number of hydrogen-bond acceptors (Lipinski definition) is 2. The lowest BCUT2D eigenvalue weighted by Gasteiger charge is -2.08. The lowest BCUT2D eigenvalue weighted by Crippen LogP contribution is -2.15. The molecule has 0 aliphatic rings. The van der Waals surface area contributed by atoms with Crippen LogP contribution in [0.3, 0.4) is 0 Å². The van der Waals surface area contributed by atoms with E-state index in [-0.39, 0.29) is 5.91 Å². The summed E-state index contributed by atoms with van der Waals surface area (Å²) in [6, 6.07) is 15.9. The van der Waals surface area contributed by atoms with E-state index in [2.05, 4.69) is 10.4 Å². The van der Waals surface area contributed by atoms with Gasteiger partial charge in [0, 0.05) is 11.9 Å². The van der Waals surface area contributed by atoms with Gasteiger partial charge in [-0.05, 0) is 48.7 Å². The van der Waals surface area contributed by atoms with Gasteiger partial charge in [-0.25, -0.2) is 4.68 Å². The molecule has 4 nitrogen and oxygen atoms in total. The zero-order valence-corrected chi connectivity index (χ0v) is 13.3. The summed E-state index contributed by atoms with van der Waals surface area (Å²) in [6.07, 6.45) is 3.92. The van der Waals surface area contributed by atoms with Gasteiger partial charge in [-0.1, -0.05) is 30.3 Å². The fourth-order valence-corrected chi connectivity index (χ4v) is 2.42. The van der Waals surface area contributed by atoms with Crippen molar-refractivity contribution in [2.75, 3.05) is 5.32 Å². The molecule has 0 spiro atoms. The summed E-state index contributed by atoms with van der Waals surface area (Å²) in [6.45, 7) is 4.00. The smallest absolute Gasteiger partial charge is 0.228 e. The number of aromatic nitrogens is 2. The number of para-hydroxylation sites is 1. The topological polar surface area (TPSA) is 46.9 Å². The van der Waals surface area contributed by atoms with Crippen molar-refractivity contribution in [3.05, 3.63) is 77.6 Å². The Morgan fingerprint density at radius 3 is 2.70 bits per heavy atom. The Morgan fingerprint density at radius 2 is 1.91 bits per heavy atom. The zero-order chi connectivity index (χ0) is 16.2. The monoisotopic (exact) mass is 305 g/mol. The maximum atomic E-state index is 12.2. The van der Waals surface area contributed by atoms with E-state index in [0.29, 0.717) is 6.42 Å². The molecule has 0 radical (unpaired) electrons. The number of nitrogens with zero attached hydrogens (tertiary/aromatic N) is 2. The average molecular weight is 305 g/mol. The highest BCUT2D eigenvalue weighted by atomic mass is 16.1. The van der Waals surface area contributed by atoms with Crippen LogP contribution in [0.1, 0.15) is 16.7 Å². The van der Waals surface area contributed by atoms with E-state index in [1.165, 1.54) is 0 Å². The molecule has 0 aliphatic carbocycles. The molecule has 23 heavy (non-hydrogen) atoms. The molecule has 1 N–H and O–H groups in total. The first-order valence-corrected chi connectivity index (χ1v) is 7.58. The van der Waals surface area contributed by atoms with Crippen LogP contribution in [0.15, 0.2) is 60.9 Å². The van der Waals surface area contributed by atoms with Crippen molar-refractivity contribution < 1.29 is 4.79 Å². The fraction of sp³-hybridized carbons (Fsp3) is 0.158. The molecule has 0 fully saturated rings.